The minimum Gasteiger partial charge on any atom is -0.486 e. The van der Waals surface area contributed by atoms with Crippen LogP contribution < -0.4 is 4.74 Å². The monoisotopic (exact) mass is 182 g/mol. The molecule has 0 aliphatic rings. The standard InChI is InChI=1S/C10H15OP/c1-3-10(12)11-9-7-5-4-6-8(9)2/h4-7,10H,3,12H2,1-2H3. The summed E-state index contributed by atoms with van der Waals surface area (Å²) in [6.07, 6.45) is 1.01. The van der Waals surface area contributed by atoms with Crippen molar-refractivity contribution < 1.29 is 4.74 Å². The minimum absolute atomic E-state index is 0.228. The number of rotatable bonds is 3. The van der Waals surface area contributed by atoms with E-state index in [4.69, 9.17) is 4.74 Å². The molecule has 1 nitrogen and oxygen atoms in total. The zero-order valence-corrected chi connectivity index (χ0v) is 8.73. The molecule has 66 valence electrons. The van der Waals surface area contributed by atoms with Crippen molar-refractivity contribution in [3.05, 3.63) is 29.8 Å². The summed E-state index contributed by atoms with van der Waals surface area (Å²) in [7, 11) is 2.68. The molecule has 0 N–H and O–H groups in total. The first kappa shape index (κ1) is 9.54. The molecule has 0 aromatic heterocycles. The smallest absolute Gasteiger partial charge is 0.123 e. The summed E-state index contributed by atoms with van der Waals surface area (Å²) in [5.41, 5.74) is 1.19. The Bertz CT molecular complexity index is 247. The van der Waals surface area contributed by atoms with Gasteiger partial charge in [0.25, 0.3) is 0 Å². The van der Waals surface area contributed by atoms with Crippen LogP contribution in [0, 0.1) is 6.92 Å². The van der Waals surface area contributed by atoms with E-state index in [1.54, 1.807) is 0 Å². The molecule has 0 fully saturated rings. The fourth-order valence-electron chi connectivity index (χ4n) is 0.935. The van der Waals surface area contributed by atoms with Gasteiger partial charge in [-0.05, 0) is 25.0 Å². The summed E-state index contributed by atoms with van der Waals surface area (Å²) in [5, 5.41) is 0. The van der Waals surface area contributed by atoms with Crippen LogP contribution in [0.1, 0.15) is 18.9 Å². The van der Waals surface area contributed by atoms with Gasteiger partial charge >= 0.3 is 0 Å². The maximum atomic E-state index is 5.66. The lowest BCUT2D eigenvalue weighted by molar-refractivity contribution is 0.281. The molecule has 0 spiro atoms. The number of hydrogen-bond acceptors (Lipinski definition) is 1. The number of hydrogen-bond donors (Lipinski definition) is 0. The summed E-state index contributed by atoms with van der Waals surface area (Å²) in [6, 6.07) is 8.08. The Kier molecular flexibility index (Phi) is 3.55. The Balaban J connectivity index is 2.69. The first-order chi connectivity index (χ1) is 5.74. The quantitative estimate of drug-likeness (QED) is 0.653. The Morgan fingerprint density at radius 3 is 2.67 bits per heavy atom. The fourth-order valence-corrected chi connectivity index (χ4v) is 1.08. The van der Waals surface area contributed by atoms with Crippen molar-refractivity contribution in [1.82, 2.24) is 0 Å². The van der Waals surface area contributed by atoms with Gasteiger partial charge < -0.3 is 4.74 Å². The van der Waals surface area contributed by atoms with Crippen LogP contribution in [-0.2, 0) is 0 Å². The van der Waals surface area contributed by atoms with Gasteiger partial charge in [-0.1, -0.05) is 34.4 Å². The van der Waals surface area contributed by atoms with E-state index in [2.05, 4.69) is 29.2 Å². The Hall–Kier alpha value is -0.550. The zero-order valence-electron chi connectivity index (χ0n) is 7.58. The number of ether oxygens (including phenoxy) is 1. The lowest BCUT2D eigenvalue weighted by Crippen LogP contribution is -2.06. The van der Waals surface area contributed by atoms with Crippen molar-refractivity contribution in [1.29, 1.82) is 0 Å². The summed E-state index contributed by atoms with van der Waals surface area (Å²) in [5.74, 6) is 1.21. The van der Waals surface area contributed by atoms with Crippen molar-refractivity contribution in [2.75, 3.05) is 0 Å². The Morgan fingerprint density at radius 2 is 2.08 bits per heavy atom. The summed E-state index contributed by atoms with van der Waals surface area (Å²) in [6.45, 7) is 4.16. The predicted octanol–water partition coefficient (Wildman–Crippen LogP) is 2.99. The molecule has 1 aromatic carbocycles. The molecule has 0 amide bonds. The number of aryl methyl sites for hydroxylation is 1. The first-order valence-corrected chi connectivity index (χ1v) is 4.88. The summed E-state index contributed by atoms with van der Waals surface area (Å²) < 4.78 is 5.66. The molecule has 0 aliphatic heterocycles. The SMILES string of the molecule is CCC(P)Oc1ccccc1C. The van der Waals surface area contributed by atoms with Gasteiger partial charge in [-0.3, -0.25) is 0 Å². The molecule has 0 aliphatic carbocycles. The van der Waals surface area contributed by atoms with Crippen LogP contribution in [0.15, 0.2) is 24.3 Å². The predicted molar refractivity (Wildman–Crippen MR) is 55.6 cm³/mol. The van der Waals surface area contributed by atoms with E-state index in [0.29, 0.717) is 0 Å². The van der Waals surface area contributed by atoms with Crippen molar-refractivity contribution in [2.24, 2.45) is 0 Å². The second kappa shape index (κ2) is 4.47. The van der Waals surface area contributed by atoms with Crippen LogP contribution in [0.25, 0.3) is 0 Å². The molecule has 12 heavy (non-hydrogen) atoms. The van der Waals surface area contributed by atoms with Crippen molar-refractivity contribution in [3.63, 3.8) is 0 Å². The number of para-hydroxylation sites is 1. The Morgan fingerprint density at radius 1 is 1.42 bits per heavy atom. The molecular formula is C10H15OP. The summed E-state index contributed by atoms with van der Waals surface area (Å²) in [4.78, 5) is 0. The van der Waals surface area contributed by atoms with Gasteiger partial charge in [-0.2, -0.15) is 0 Å². The van der Waals surface area contributed by atoms with Gasteiger partial charge in [0.1, 0.15) is 11.6 Å². The van der Waals surface area contributed by atoms with Crippen LogP contribution in [0.3, 0.4) is 0 Å². The highest BCUT2D eigenvalue weighted by Gasteiger charge is 2.02. The molecule has 0 radical (unpaired) electrons. The maximum Gasteiger partial charge on any atom is 0.123 e. The molecule has 0 saturated heterocycles. The van der Waals surface area contributed by atoms with E-state index in [0.717, 1.165) is 12.2 Å². The molecular weight excluding hydrogens is 167 g/mol. The van der Waals surface area contributed by atoms with Crippen LogP contribution in [-0.4, -0.2) is 5.85 Å². The average molecular weight is 182 g/mol. The summed E-state index contributed by atoms with van der Waals surface area (Å²) >= 11 is 0. The normalized spacial score (nSPS) is 12.6. The van der Waals surface area contributed by atoms with E-state index in [1.807, 2.05) is 18.2 Å². The second-order valence-corrected chi connectivity index (χ2v) is 3.57. The van der Waals surface area contributed by atoms with Crippen molar-refractivity contribution in [3.8, 4) is 5.75 Å². The highest BCUT2D eigenvalue weighted by Crippen LogP contribution is 2.20. The van der Waals surface area contributed by atoms with Gasteiger partial charge in [0.05, 0.1) is 0 Å². The van der Waals surface area contributed by atoms with E-state index in [9.17, 15) is 0 Å². The lowest BCUT2D eigenvalue weighted by Gasteiger charge is -2.13. The third-order valence-electron chi connectivity index (χ3n) is 1.77. The van der Waals surface area contributed by atoms with Crippen LogP contribution in [0.2, 0.25) is 0 Å². The topological polar surface area (TPSA) is 9.23 Å². The molecule has 1 rings (SSSR count). The van der Waals surface area contributed by atoms with Gasteiger partial charge in [0.2, 0.25) is 0 Å². The van der Waals surface area contributed by atoms with E-state index in [-0.39, 0.29) is 5.85 Å². The molecule has 0 heterocycles. The lowest BCUT2D eigenvalue weighted by atomic mass is 10.2. The third-order valence-corrected chi connectivity index (χ3v) is 2.38. The van der Waals surface area contributed by atoms with Crippen LogP contribution >= 0.6 is 9.24 Å². The molecule has 2 atom stereocenters. The minimum atomic E-state index is 0.228. The largest absolute Gasteiger partial charge is 0.486 e. The van der Waals surface area contributed by atoms with Crippen LogP contribution in [0.5, 0.6) is 5.75 Å². The molecule has 0 bridgehead atoms. The molecule has 2 unspecified atom stereocenters. The molecule has 1 aromatic rings. The van der Waals surface area contributed by atoms with Gasteiger partial charge in [0.15, 0.2) is 0 Å². The highest BCUT2D eigenvalue weighted by molar-refractivity contribution is 7.17. The van der Waals surface area contributed by atoms with Crippen LogP contribution in [0.4, 0.5) is 0 Å². The van der Waals surface area contributed by atoms with E-state index >= 15 is 0 Å². The number of benzene rings is 1. The van der Waals surface area contributed by atoms with E-state index in [1.165, 1.54) is 5.56 Å². The zero-order chi connectivity index (χ0) is 8.97. The van der Waals surface area contributed by atoms with Crippen molar-refractivity contribution >= 4 is 9.24 Å². The van der Waals surface area contributed by atoms with Gasteiger partial charge in [-0.25, -0.2) is 0 Å². The first-order valence-electron chi connectivity index (χ1n) is 4.22. The average Bonchev–Trinajstić information content (AvgIpc) is 2.09. The van der Waals surface area contributed by atoms with Gasteiger partial charge in [-0.15, -0.1) is 0 Å². The Labute approximate surface area is 76.3 Å². The molecule has 0 saturated carbocycles. The maximum absolute atomic E-state index is 5.66. The van der Waals surface area contributed by atoms with Crippen molar-refractivity contribution in [2.45, 2.75) is 26.1 Å². The molecule has 2 heteroatoms. The van der Waals surface area contributed by atoms with E-state index < -0.39 is 0 Å². The third kappa shape index (κ3) is 2.49. The fraction of sp³-hybridized carbons (Fsp3) is 0.400. The van der Waals surface area contributed by atoms with Gasteiger partial charge in [0, 0.05) is 0 Å². The second-order valence-electron chi connectivity index (χ2n) is 2.83. The highest BCUT2D eigenvalue weighted by atomic mass is 31.0.